The number of nitrogens with one attached hydrogen (secondary N) is 1. The summed E-state index contributed by atoms with van der Waals surface area (Å²) < 4.78 is 0. The van der Waals surface area contributed by atoms with Gasteiger partial charge in [-0.3, -0.25) is 4.79 Å². The topological polar surface area (TPSA) is 75.3 Å². The van der Waals surface area contributed by atoms with Crippen LogP contribution in [0, 0.1) is 11.8 Å². The van der Waals surface area contributed by atoms with Gasteiger partial charge in [-0.2, -0.15) is 0 Å². The van der Waals surface area contributed by atoms with Crippen molar-refractivity contribution in [1.82, 2.24) is 5.32 Å². The van der Waals surface area contributed by atoms with Gasteiger partial charge in [-0.1, -0.05) is 20.8 Å². The van der Waals surface area contributed by atoms with Crippen molar-refractivity contribution in [2.45, 2.75) is 46.1 Å². The third-order valence-corrected chi connectivity index (χ3v) is 2.54. The standard InChI is InChI=1S/C12H26N2O2/c1-9(2)7-11(15)8-14-12(16)10(3)5-4-6-13/h9-11,15H,4-8,13H2,1-3H3,(H,14,16). The largest absolute Gasteiger partial charge is 0.391 e. The molecular weight excluding hydrogens is 204 g/mol. The smallest absolute Gasteiger partial charge is 0.222 e. The van der Waals surface area contributed by atoms with Crippen LogP contribution in [0.5, 0.6) is 0 Å². The maximum absolute atomic E-state index is 11.6. The minimum Gasteiger partial charge on any atom is -0.391 e. The van der Waals surface area contributed by atoms with Gasteiger partial charge in [0, 0.05) is 12.5 Å². The van der Waals surface area contributed by atoms with Crippen LogP contribution < -0.4 is 11.1 Å². The molecule has 0 rings (SSSR count). The van der Waals surface area contributed by atoms with Crippen molar-refractivity contribution < 1.29 is 9.90 Å². The summed E-state index contributed by atoms with van der Waals surface area (Å²) >= 11 is 0. The Morgan fingerprint density at radius 1 is 1.38 bits per heavy atom. The summed E-state index contributed by atoms with van der Waals surface area (Å²) in [6.45, 7) is 6.96. The molecule has 0 saturated heterocycles. The van der Waals surface area contributed by atoms with Crippen molar-refractivity contribution in [3.63, 3.8) is 0 Å². The molecule has 2 atom stereocenters. The number of carbonyl (C=O) groups excluding carboxylic acids is 1. The third-order valence-electron chi connectivity index (χ3n) is 2.54. The molecular formula is C12H26N2O2. The fourth-order valence-corrected chi connectivity index (χ4v) is 1.58. The summed E-state index contributed by atoms with van der Waals surface area (Å²) in [4.78, 5) is 11.6. The Morgan fingerprint density at radius 3 is 2.50 bits per heavy atom. The summed E-state index contributed by atoms with van der Waals surface area (Å²) in [7, 11) is 0. The van der Waals surface area contributed by atoms with Gasteiger partial charge in [-0.25, -0.2) is 0 Å². The predicted molar refractivity (Wildman–Crippen MR) is 65.9 cm³/mol. The predicted octanol–water partition coefficient (Wildman–Crippen LogP) is 0.885. The summed E-state index contributed by atoms with van der Waals surface area (Å²) in [5.41, 5.74) is 5.38. The lowest BCUT2D eigenvalue weighted by Crippen LogP contribution is -2.36. The van der Waals surface area contributed by atoms with Crippen molar-refractivity contribution in [3.8, 4) is 0 Å². The second-order valence-electron chi connectivity index (χ2n) is 4.86. The van der Waals surface area contributed by atoms with E-state index in [1.165, 1.54) is 0 Å². The van der Waals surface area contributed by atoms with Gasteiger partial charge in [0.1, 0.15) is 0 Å². The average Bonchev–Trinajstić information content (AvgIpc) is 2.21. The molecule has 0 bridgehead atoms. The lowest BCUT2D eigenvalue weighted by atomic mass is 10.0. The highest BCUT2D eigenvalue weighted by atomic mass is 16.3. The average molecular weight is 230 g/mol. The number of aliphatic hydroxyl groups is 1. The van der Waals surface area contributed by atoms with Crippen LogP contribution in [0.4, 0.5) is 0 Å². The number of rotatable bonds is 8. The van der Waals surface area contributed by atoms with E-state index in [9.17, 15) is 9.90 Å². The van der Waals surface area contributed by atoms with E-state index in [1.807, 2.05) is 6.92 Å². The van der Waals surface area contributed by atoms with E-state index in [4.69, 9.17) is 5.73 Å². The van der Waals surface area contributed by atoms with Crippen LogP contribution in [0.3, 0.4) is 0 Å². The van der Waals surface area contributed by atoms with Gasteiger partial charge >= 0.3 is 0 Å². The fourth-order valence-electron chi connectivity index (χ4n) is 1.58. The fraction of sp³-hybridized carbons (Fsp3) is 0.917. The number of aliphatic hydroxyl groups excluding tert-OH is 1. The highest BCUT2D eigenvalue weighted by Gasteiger charge is 2.14. The molecule has 0 radical (unpaired) electrons. The van der Waals surface area contributed by atoms with Gasteiger partial charge in [-0.05, 0) is 31.7 Å². The molecule has 0 aliphatic rings. The lowest BCUT2D eigenvalue weighted by molar-refractivity contribution is -0.125. The van der Waals surface area contributed by atoms with Crippen molar-refractivity contribution in [3.05, 3.63) is 0 Å². The van der Waals surface area contributed by atoms with E-state index >= 15 is 0 Å². The van der Waals surface area contributed by atoms with Crippen molar-refractivity contribution >= 4 is 5.91 Å². The first-order valence-electron chi connectivity index (χ1n) is 6.13. The van der Waals surface area contributed by atoms with Crippen LogP contribution in [-0.2, 0) is 4.79 Å². The number of carbonyl (C=O) groups is 1. The van der Waals surface area contributed by atoms with Crippen LogP contribution in [0.25, 0.3) is 0 Å². The molecule has 4 heteroatoms. The maximum atomic E-state index is 11.6. The highest BCUT2D eigenvalue weighted by Crippen LogP contribution is 2.06. The second kappa shape index (κ2) is 8.53. The SMILES string of the molecule is CC(C)CC(O)CNC(=O)C(C)CCCN. The Balaban J connectivity index is 3.70. The third kappa shape index (κ3) is 7.65. The van der Waals surface area contributed by atoms with E-state index in [2.05, 4.69) is 19.2 Å². The van der Waals surface area contributed by atoms with E-state index in [0.29, 0.717) is 19.0 Å². The molecule has 0 aromatic heterocycles. The minimum absolute atomic E-state index is 0.0104. The Morgan fingerprint density at radius 2 is 2.00 bits per heavy atom. The molecule has 4 nitrogen and oxygen atoms in total. The van der Waals surface area contributed by atoms with Gasteiger partial charge in [0.25, 0.3) is 0 Å². The van der Waals surface area contributed by atoms with Crippen LogP contribution in [0.1, 0.15) is 40.0 Å². The van der Waals surface area contributed by atoms with Crippen molar-refractivity contribution in [1.29, 1.82) is 0 Å². The Labute approximate surface area is 98.6 Å². The molecule has 1 amide bonds. The van der Waals surface area contributed by atoms with Crippen LogP contribution in [0.15, 0.2) is 0 Å². The number of nitrogens with two attached hydrogens (primary N) is 1. The van der Waals surface area contributed by atoms with E-state index in [-0.39, 0.29) is 11.8 Å². The molecule has 0 fully saturated rings. The van der Waals surface area contributed by atoms with Crippen LogP contribution >= 0.6 is 0 Å². The molecule has 0 aromatic rings. The maximum Gasteiger partial charge on any atom is 0.222 e. The van der Waals surface area contributed by atoms with Gasteiger partial charge in [0.15, 0.2) is 0 Å². The molecule has 4 N–H and O–H groups in total. The van der Waals surface area contributed by atoms with E-state index < -0.39 is 6.10 Å². The summed E-state index contributed by atoms with van der Waals surface area (Å²) in [6.07, 6.45) is 1.95. The second-order valence-corrected chi connectivity index (χ2v) is 4.86. The molecule has 0 saturated carbocycles. The van der Waals surface area contributed by atoms with Gasteiger partial charge in [-0.15, -0.1) is 0 Å². The zero-order valence-corrected chi connectivity index (χ0v) is 10.7. The van der Waals surface area contributed by atoms with Crippen LogP contribution in [0.2, 0.25) is 0 Å². The zero-order chi connectivity index (χ0) is 12.6. The molecule has 2 unspecified atom stereocenters. The van der Waals surface area contributed by atoms with Crippen molar-refractivity contribution in [2.24, 2.45) is 17.6 Å². The normalized spacial score (nSPS) is 14.9. The molecule has 0 heterocycles. The first-order chi connectivity index (χ1) is 7.47. The van der Waals surface area contributed by atoms with Gasteiger partial charge in [0.2, 0.25) is 5.91 Å². The first-order valence-corrected chi connectivity index (χ1v) is 6.13. The summed E-state index contributed by atoms with van der Waals surface area (Å²) in [5.74, 6) is 0.438. The molecule has 0 spiro atoms. The van der Waals surface area contributed by atoms with Gasteiger partial charge < -0.3 is 16.2 Å². The van der Waals surface area contributed by atoms with Crippen LogP contribution in [-0.4, -0.2) is 30.2 Å². The number of amides is 1. The Kier molecular flexibility index (Phi) is 8.21. The minimum atomic E-state index is -0.439. The zero-order valence-electron chi connectivity index (χ0n) is 10.7. The molecule has 0 aliphatic carbocycles. The quantitative estimate of drug-likeness (QED) is 0.579. The van der Waals surface area contributed by atoms with E-state index in [0.717, 1.165) is 19.3 Å². The van der Waals surface area contributed by atoms with E-state index in [1.54, 1.807) is 0 Å². The summed E-state index contributed by atoms with van der Waals surface area (Å²) in [5, 5.41) is 12.4. The molecule has 96 valence electrons. The van der Waals surface area contributed by atoms with Crippen molar-refractivity contribution in [2.75, 3.05) is 13.1 Å². The highest BCUT2D eigenvalue weighted by molar-refractivity contribution is 5.78. The monoisotopic (exact) mass is 230 g/mol. The Bertz CT molecular complexity index is 195. The molecule has 0 aliphatic heterocycles. The number of hydrogen-bond donors (Lipinski definition) is 3. The first kappa shape index (κ1) is 15.4. The molecule has 0 aromatic carbocycles. The molecule has 16 heavy (non-hydrogen) atoms. The Hall–Kier alpha value is -0.610. The summed E-state index contributed by atoms with van der Waals surface area (Å²) in [6, 6.07) is 0. The lowest BCUT2D eigenvalue weighted by Gasteiger charge is -2.16. The van der Waals surface area contributed by atoms with Gasteiger partial charge in [0.05, 0.1) is 6.10 Å². The number of hydrogen-bond acceptors (Lipinski definition) is 3.